The number of sulfonamides is 1. The van der Waals surface area contributed by atoms with E-state index in [1.807, 2.05) is 22.9 Å². The maximum Gasteiger partial charge on any atom is 0.337 e. The third kappa shape index (κ3) is 4.67. The molecule has 0 bridgehead atoms. The number of benzene rings is 1. The van der Waals surface area contributed by atoms with Gasteiger partial charge in [-0.05, 0) is 55.3 Å². The van der Waals surface area contributed by atoms with Crippen LogP contribution >= 0.6 is 0 Å². The fraction of sp³-hybridized carbons (Fsp3) is 0.318. The van der Waals surface area contributed by atoms with Crippen molar-refractivity contribution >= 4 is 16.0 Å². The van der Waals surface area contributed by atoms with Crippen molar-refractivity contribution < 1.29 is 17.9 Å². The van der Waals surface area contributed by atoms with Crippen LogP contribution in [0.2, 0.25) is 0 Å². The highest BCUT2D eigenvalue weighted by molar-refractivity contribution is 7.89. The summed E-state index contributed by atoms with van der Waals surface area (Å²) >= 11 is 0. The normalized spacial score (nSPS) is 14.6. The second-order valence-electron chi connectivity index (χ2n) is 7.48. The summed E-state index contributed by atoms with van der Waals surface area (Å²) in [4.78, 5) is 15.7. The Bertz CT molecular complexity index is 1150. The molecule has 1 aromatic carbocycles. The molecule has 0 spiro atoms. The Hall–Kier alpha value is -3.04. The van der Waals surface area contributed by atoms with Gasteiger partial charge in [0.25, 0.3) is 0 Å². The summed E-state index contributed by atoms with van der Waals surface area (Å²) in [6.45, 7) is 0.0683. The van der Waals surface area contributed by atoms with Gasteiger partial charge in [0.05, 0.1) is 41.5 Å². The molecule has 31 heavy (non-hydrogen) atoms. The molecule has 1 aliphatic carbocycles. The zero-order chi connectivity index (χ0) is 21.8. The lowest BCUT2D eigenvalue weighted by atomic mass is 10.1. The molecular weight excluding hydrogens is 416 g/mol. The number of aromatic nitrogens is 3. The smallest absolute Gasteiger partial charge is 0.337 e. The first-order valence-electron chi connectivity index (χ1n) is 10.1. The summed E-state index contributed by atoms with van der Waals surface area (Å²) in [6, 6.07) is 11.7. The van der Waals surface area contributed by atoms with E-state index < -0.39 is 16.0 Å². The number of ether oxygens (including phenoxy) is 1. The predicted octanol–water partition coefficient (Wildman–Crippen LogP) is 3.33. The number of carbonyl (C=O) groups is 1. The van der Waals surface area contributed by atoms with E-state index in [2.05, 4.69) is 14.4 Å². The highest BCUT2D eigenvalue weighted by Crippen LogP contribution is 2.33. The summed E-state index contributed by atoms with van der Waals surface area (Å²) in [5.74, 6) is -0.516. The van der Waals surface area contributed by atoms with E-state index in [0.717, 1.165) is 24.1 Å². The molecule has 2 aromatic heterocycles. The van der Waals surface area contributed by atoms with Crippen molar-refractivity contribution in [3.05, 3.63) is 66.1 Å². The lowest BCUT2D eigenvalue weighted by Crippen LogP contribution is -2.23. The maximum atomic E-state index is 12.7. The Balaban J connectivity index is 1.54. The molecule has 9 heteroatoms. The number of nitrogens with zero attached hydrogens (tertiary/aromatic N) is 3. The highest BCUT2D eigenvalue weighted by atomic mass is 32.2. The van der Waals surface area contributed by atoms with Crippen molar-refractivity contribution in [2.24, 2.45) is 0 Å². The quantitative estimate of drug-likeness (QED) is 0.565. The summed E-state index contributed by atoms with van der Waals surface area (Å²) in [6.07, 6.45) is 7.95. The molecule has 1 aliphatic rings. The second-order valence-corrected chi connectivity index (χ2v) is 9.25. The predicted molar refractivity (Wildman–Crippen MR) is 115 cm³/mol. The molecular formula is C22H24N4O4S. The summed E-state index contributed by atoms with van der Waals surface area (Å²) in [7, 11) is -2.48. The van der Waals surface area contributed by atoms with Crippen molar-refractivity contribution in [1.29, 1.82) is 0 Å². The fourth-order valence-electron chi connectivity index (χ4n) is 3.84. The number of nitrogens with one attached hydrogen (secondary N) is 1. The molecule has 0 aliphatic heterocycles. The van der Waals surface area contributed by atoms with Gasteiger partial charge in [-0.1, -0.05) is 12.8 Å². The standard InChI is InChI=1S/C22H24N4O4S/c1-30-22(27)17-6-8-20(9-7-17)31(28,29)24-15-18-14-21(16-10-12-23-13-11-16)26(25-18)19-4-2-3-5-19/h6-14,19,24H,2-5,15H2,1H3. The summed E-state index contributed by atoms with van der Waals surface area (Å²) < 4.78 is 34.7. The lowest BCUT2D eigenvalue weighted by Gasteiger charge is -2.14. The van der Waals surface area contributed by atoms with Gasteiger partial charge in [0.15, 0.2) is 0 Å². The molecule has 0 atom stereocenters. The molecule has 1 N–H and O–H groups in total. The van der Waals surface area contributed by atoms with Crippen LogP contribution in [0.15, 0.2) is 59.8 Å². The first-order valence-corrected chi connectivity index (χ1v) is 11.6. The van der Waals surface area contributed by atoms with Crippen molar-refractivity contribution in [2.45, 2.75) is 43.2 Å². The molecule has 0 amide bonds. The molecule has 0 unspecified atom stereocenters. The lowest BCUT2D eigenvalue weighted by molar-refractivity contribution is 0.0600. The van der Waals surface area contributed by atoms with E-state index in [-0.39, 0.29) is 11.4 Å². The van der Waals surface area contributed by atoms with Gasteiger partial charge in [-0.2, -0.15) is 5.10 Å². The van der Waals surface area contributed by atoms with Gasteiger partial charge in [-0.25, -0.2) is 17.9 Å². The van der Waals surface area contributed by atoms with Crippen molar-refractivity contribution in [1.82, 2.24) is 19.5 Å². The van der Waals surface area contributed by atoms with Crippen LogP contribution in [-0.4, -0.2) is 36.3 Å². The SMILES string of the molecule is COC(=O)c1ccc(S(=O)(=O)NCc2cc(-c3ccncc3)n(C3CCCC3)n2)cc1. The van der Waals surface area contributed by atoms with Crippen molar-refractivity contribution in [2.75, 3.05) is 7.11 Å². The number of pyridine rings is 1. The van der Waals surface area contributed by atoms with Crippen LogP contribution in [0.3, 0.4) is 0 Å². The van der Waals surface area contributed by atoms with Crippen LogP contribution < -0.4 is 4.72 Å². The largest absolute Gasteiger partial charge is 0.465 e. The van der Waals surface area contributed by atoms with Gasteiger partial charge in [-0.3, -0.25) is 9.67 Å². The minimum Gasteiger partial charge on any atom is -0.465 e. The monoisotopic (exact) mass is 440 g/mol. The molecule has 8 nitrogen and oxygen atoms in total. The average Bonchev–Trinajstić information content (AvgIpc) is 3.48. The molecule has 1 fully saturated rings. The van der Waals surface area contributed by atoms with Crippen molar-refractivity contribution in [3.8, 4) is 11.3 Å². The van der Waals surface area contributed by atoms with Crippen LogP contribution in [0.5, 0.6) is 0 Å². The molecule has 4 rings (SSSR count). The minimum atomic E-state index is -3.76. The molecule has 162 valence electrons. The van der Waals surface area contributed by atoms with E-state index in [1.54, 1.807) is 12.4 Å². The van der Waals surface area contributed by atoms with E-state index >= 15 is 0 Å². The summed E-state index contributed by atoms with van der Waals surface area (Å²) in [5.41, 5.74) is 2.90. The van der Waals surface area contributed by atoms with Crippen LogP contribution in [-0.2, 0) is 21.3 Å². The van der Waals surface area contributed by atoms with Gasteiger partial charge >= 0.3 is 5.97 Å². The van der Waals surface area contributed by atoms with E-state index in [4.69, 9.17) is 5.10 Å². The molecule has 0 radical (unpaired) electrons. The van der Waals surface area contributed by atoms with E-state index in [1.165, 1.54) is 44.2 Å². The highest BCUT2D eigenvalue weighted by Gasteiger charge is 2.23. The Morgan fingerprint density at radius 2 is 1.81 bits per heavy atom. The number of esters is 1. The fourth-order valence-corrected chi connectivity index (χ4v) is 4.84. The van der Waals surface area contributed by atoms with E-state index in [0.29, 0.717) is 17.3 Å². The Morgan fingerprint density at radius 3 is 2.45 bits per heavy atom. The second kappa shape index (κ2) is 8.99. The zero-order valence-corrected chi connectivity index (χ0v) is 18.0. The number of hydrogen-bond acceptors (Lipinski definition) is 6. The zero-order valence-electron chi connectivity index (χ0n) is 17.2. The van der Waals surface area contributed by atoms with E-state index in [9.17, 15) is 13.2 Å². The third-order valence-electron chi connectivity index (χ3n) is 5.46. The molecule has 1 saturated carbocycles. The number of hydrogen-bond donors (Lipinski definition) is 1. The summed E-state index contributed by atoms with van der Waals surface area (Å²) in [5, 5.41) is 4.72. The number of methoxy groups -OCH3 is 1. The number of carbonyl (C=O) groups excluding carboxylic acids is 1. The van der Waals surface area contributed by atoms with Gasteiger partial charge in [-0.15, -0.1) is 0 Å². The number of rotatable bonds is 7. The molecule has 2 heterocycles. The Morgan fingerprint density at radius 1 is 1.13 bits per heavy atom. The molecule has 3 aromatic rings. The van der Waals surface area contributed by atoms with Crippen LogP contribution in [0, 0.1) is 0 Å². The van der Waals surface area contributed by atoms with Gasteiger partial charge in [0.2, 0.25) is 10.0 Å². The first-order chi connectivity index (χ1) is 15.0. The van der Waals surface area contributed by atoms with Crippen LogP contribution in [0.4, 0.5) is 0 Å². The van der Waals surface area contributed by atoms with Gasteiger partial charge < -0.3 is 4.74 Å². The Labute approximate surface area is 181 Å². The molecule has 0 saturated heterocycles. The Kier molecular flexibility index (Phi) is 6.15. The first kappa shape index (κ1) is 21.2. The third-order valence-corrected chi connectivity index (χ3v) is 6.88. The van der Waals surface area contributed by atoms with Crippen LogP contribution in [0.25, 0.3) is 11.3 Å². The minimum absolute atomic E-state index is 0.0683. The van der Waals surface area contributed by atoms with Gasteiger partial charge in [0.1, 0.15) is 0 Å². The maximum absolute atomic E-state index is 12.7. The van der Waals surface area contributed by atoms with Crippen molar-refractivity contribution in [3.63, 3.8) is 0 Å². The average molecular weight is 441 g/mol. The van der Waals surface area contributed by atoms with Gasteiger partial charge in [0, 0.05) is 18.0 Å². The topological polar surface area (TPSA) is 103 Å². The van der Waals surface area contributed by atoms with Crippen LogP contribution in [0.1, 0.15) is 47.8 Å².